The first-order chi connectivity index (χ1) is 11.3. The molecule has 1 aromatic rings. The third-order valence-corrected chi connectivity index (χ3v) is 5.43. The number of allylic oxidation sites excluding steroid dienone is 3. The largest absolute Gasteiger partial charge is 0.322 e. The average Bonchev–Trinajstić information content (AvgIpc) is 2.63. The van der Waals surface area contributed by atoms with Gasteiger partial charge in [-0.25, -0.2) is 0 Å². The van der Waals surface area contributed by atoms with Gasteiger partial charge < -0.3 is 10.6 Å². The second-order valence-electron chi connectivity index (χ2n) is 6.21. The molecule has 4 heteroatoms. The van der Waals surface area contributed by atoms with E-state index in [1.54, 1.807) is 11.8 Å². The van der Waals surface area contributed by atoms with Crippen molar-refractivity contribution in [3.8, 4) is 0 Å². The monoisotopic (exact) mass is 328 g/mol. The lowest BCUT2D eigenvalue weighted by Gasteiger charge is -2.30. The molecule has 0 bridgehead atoms. The van der Waals surface area contributed by atoms with Crippen LogP contribution in [-0.4, -0.2) is 25.3 Å². The van der Waals surface area contributed by atoms with Gasteiger partial charge in [-0.2, -0.15) is 0 Å². The van der Waals surface area contributed by atoms with Crippen LogP contribution >= 0.6 is 11.8 Å². The molecule has 1 heterocycles. The summed E-state index contributed by atoms with van der Waals surface area (Å²) in [4.78, 5) is 13.5. The topological polar surface area (TPSA) is 41.1 Å². The Morgan fingerprint density at radius 1 is 1.30 bits per heavy atom. The zero-order chi connectivity index (χ0) is 16.1. The third kappa shape index (κ3) is 4.27. The smallest absolute Gasteiger partial charge is 0.255 e. The number of hydrogen-bond donors (Lipinski definition) is 2. The van der Waals surface area contributed by atoms with E-state index in [-0.39, 0.29) is 5.91 Å². The summed E-state index contributed by atoms with van der Waals surface area (Å²) in [5.74, 6) is 1.29. The molecule has 1 saturated heterocycles. The molecule has 3 rings (SSSR count). The molecule has 0 saturated carbocycles. The van der Waals surface area contributed by atoms with Crippen LogP contribution in [0.25, 0.3) is 0 Å². The summed E-state index contributed by atoms with van der Waals surface area (Å²) in [6, 6.07) is 7.73. The normalized spacial score (nSPS) is 24.1. The highest BCUT2D eigenvalue weighted by molar-refractivity contribution is 7.98. The van der Waals surface area contributed by atoms with Gasteiger partial charge in [-0.3, -0.25) is 4.79 Å². The van der Waals surface area contributed by atoms with E-state index < -0.39 is 0 Å². The van der Waals surface area contributed by atoms with E-state index in [2.05, 4.69) is 28.9 Å². The highest BCUT2D eigenvalue weighted by atomic mass is 32.2. The molecule has 3 nitrogen and oxygen atoms in total. The summed E-state index contributed by atoms with van der Waals surface area (Å²) >= 11 is 1.68. The Labute approximate surface area is 142 Å². The van der Waals surface area contributed by atoms with E-state index in [0.717, 1.165) is 31.1 Å². The third-order valence-electron chi connectivity index (χ3n) is 4.68. The zero-order valence-corrected chi connectivity index (χ0v) is 14.4. The van der Waals surface area contributed by atoms with Gasteiger partial charge in [-0.05, 0) is 80.8 Å². The summed E-state index contributed by atoms with van der Waals surface area (Å²) in [7, 11) is 0. The number of amides is 1. The summed E-state index contributed by atoms with van der Waals surface area (Å²) in [5, 5.41) is 6.49. The van der Waals surface area contributed by atoms with E-state index in [4.69, 9.17) is 0 Å². The van der Waals surface area contributed by atoms with E-state index in [1.165, 1.54) is 17.7 Å². The molecule has 1 amide bonds. The second-order valence-corrected chi connectivity index (χ2v) is 7.09. The minimum atomic E-state index is -0.0358. The quantitative estimate of drug-likeness (QED) is 0.830. The number of hydrogen-bond acceptors (Lipinski definition) is 3. The first-order valence-electron chi connectivity index (χ1n) is 8.31. The van der Waals surface area contributed by atoms with Gasteiger partial charge in [0.2, 0.25) is 0 Å². The van der Waals surface area contributed by atoms with Crippen LogP contribution in [0.4, 0.5) is 0 Å². The van der Waals surface area contributed by atoms with Crippen molar-refractivity contribution < 1.29 is 4.79 Å². The Bertz CT molecular complexity index is 600. The lowest BCUT2D eigenvalue weighted by atomic mass is 9.82. The SMILES string of the molecule is CSc1ccc(C(=O)NC2=CCC([C@@H]3CCCNC3)C=C2)cc1. The van der Waals surface area contributed by atoms with Gasteiger partial charge in [-0.1, -0.05) is 12.2 Å². The summed E-state index contributed by atoms with van der Waals surface area (Å²) in [6.45, 7) is 2.27. The molecule has 23 heavy (non-hydrogen) atoms. The zero-order valence-electron chi connectivity index (χ0n) is 13.5. The maximum atomic E-state index is 12.3. The molecule has 1 aliphatic heterocycles. The molecular formula is C19H24N2OS. The Morgan fingerprint density at radius 2 is 2.13 bits per heavy atom. The van der Waals surface area contributed by atoms with Crippen LogP contribution in [0.5, 0.6) is 0 Å². The standard InChI is InChI=1S/C19H24N2OS/c1-23-18-10-6-15(7-11-18)19(22)21-17-8-4-14(5-9-17)16-3-2-12-20-13-16/h4,6-11,14,16,20H,2-3,5,12-13H2,1H3,(H,21,22)/t14?,16-/m1/s1. The highest BCUT2D eigenvalue weighted by Crippen LogP contribution is 2.27. The van der Waals surface area contributed by atoms with E-state index >= 15 is 0 Å². The molecule has 0 radical (unpaired) electrons. The number of benzene rings is 1. The number of nitrogens with one attached hydrogen (secondary N) is 2. The lowest BCUT2D eigenvalue weighted by molar-refractivity contribution is 0.0966. The lowest BCUT2D eigenvalue weighted by Crippen LogP contribution is -2.34. The highest BCUT2D eigenvalue weighted by Gasteiger charge is 2.22. The van der Waals surface area contributed by atoms with Crippen LogP contribution in [-0.2, 0) is 0 Å². The van der Waals surface area contributed by atoms with Gasteiger partial charge in [0.1, 0.15) is 0 Å². The van der Waals surface area contributed by atoms with E-state index in [1.807, 2.05) is 30.5 Å². The number of thioether (sulfide) groups is 1. The maximum Gasteiger partial charge on any atom is 0.255 e. The predicted molar refractivity (Wildman–Crippen MR) is 96.6 cm³/mol. The summed E-state index contributed by atoms with van der Waals surface area (Å²) in [6.07, 6.45) is 12.1. The molecule has 1 aliphatic carbocycles. The van der Waals surface area contributed by atoms with Crippen molar-refractivity contribution in [3.63, 3.8) is 0 Å². The van der Waals surface area contributed by atoms with Crippen LogP contribution < -0.4 is 10.6 Å². The van der Waals surface area contributed by atoms with Crippen LogP contribution in [0.3, 0.4) is 0 Å². The van der Waals surface area contributed by atoms with Crippen LogP contribution in [0.1, 0.15) is 29.6 Å². The molecule has 0 spiro atoms. The molecule has 2 aliphatic rings. The van der Waals surface area contributed by atoms with Crippen molar-refractivity contribution in [2.24, 2.45) is 11.8 Å². The summed E-state index contributed by atoms with van der Waals surface area (Å²) < 4.78 is 0. The van der Waals surface area contributed by atoms with Gasteiger partial charge in [-0.15, -0.1) is 11.8 Å². The van der Waals surface area contributed by atoms with Crippen molar-refractivity contribution >= 4 is 17.7 Å². The molecule has 1 fully saturated rings. The average molecular weight is 328 g/mol. The number of carbonyl (C=O) groups excluding carboxylic acids is 1. The molecule has 2 atom stereocenters. The number of rotatable bonds is 4. The Morgan fingerprint density at radius 3 is 2.74 bits per heavy atom. The van der Waals surface area contributed by atoms with Crippen molar-refractivity contribution in [1.82, 2.24) is 10.6 Å². The minimum absolute atomic E-state index is 0.0358. The second kappa shape index (κ2) is 7.84. The first-order valence-corrected chi connectivity index (χ1v) is 9.53. The van der Waals surface area contributed by atoms with Crippen LogP contribution in [0.15, 0.2) is 53.1 Å². The maximum absolute atomic E-state index is 12.3. The molecule has 0 aromatic heterocycles. The molecule has 122 valence electrons. The molecule has 2 N–H and O–H groups in total. The fourth-order valence-electron chi connectivity index (χ4n) is 3.27. The Balaban J connectivity index is 1.55. The number of piperidine rings is 1. The van der Waals surface area contributed by atoms with Gasteiger partial charge >= 0.3 is 0 Å². The van der Waals surface area contributed by atoms with E-state index in [0.29, 0.717) is 11.5 Å². The van der Waals surface area contributed by atoms with Crippen molar-refractivity contribution in [2.75, 3.05) is 19.3 Å². The Hall–Kier alpha value is -1.52. The fourth-order valence-corrected chi connectivity index (χ4v) is 3.68. The van der Waals surface area contributed by atoms with Gasteiger partial charge in [0.15, 0.2) is 0 Å². The minimum Gasteiger partial charge on any atom is -0.322 e. The van der Waals surface area contributed by atoms with Crippen molar-refractivity contribution in [3.05, 3.63) is 53.8 Å². The first kappa shape index (κ1) is 16.3. The van der Waals surface area contributed by atoms with Crippen molar-refractivity contribution in [2.45, 2.75) is 24.2 Å². The number of carbonyl (C=O) groups is 1. The summed E-state index contributed by atoms with van der Waals surface area (Å²) in [5.41, 5.74) is 1.62. The van der Waals surface area contributed by atoms with Crippen molar-refractivity contribution in [1.29, 1.82) is 0 Å². The van der Waals surface area contributed by atoms with Gasteiger partial charge in [0.25, 0.3) is 5.91 Å². The van der Waals surface area contributed by atoms with Crippen LogP contribution in [0.2, 0.25) is 0 Å². The fraction of sp³-hybridized carbons (Fsp3) is 0.421. The molecule has 1 unspecified atom stereocenters. The molecule has 1 aromatic carbocycles. The predicted octanol–water partition coefficient (Wildman–Crippen LogP) is 3.60. The van der Waals surface area contributed by atoms with E-state index in [9.17, 15) is 4.79 Å². The molecular weight excluding hydrogens is 304 g/mol. The van der Waals surface area contributed by atoms with Gasteiger partial charge in [0.05, 0.1) is 0 Å². The Kier molecular flexibility index (Phi) is 5.57. The van der Waals surface area contributed by atoms with Gasteiger partial charge in [0, 0.05) is 16.2 Å². The van der Waals surface area contributed by atoms with Crippen LogP contribution in [0, 0.1) is 11.8 Å².